The van der Waals surface area contributed by atoms with Gasteiger partial charge in [-0.3, -0.25) is 9.59 Å². The van der Waals surface area contributed by atoms with Gasteiger partial charge in [0.15, 0.2) is 0 Å². The minimum atomic E-state index is -1.20. The van der Waals surface area contributed by atoms with Crippen molar-refractivity contribution >= 4 is 49.8 Å². The van der Waals surface area contributed by atoms with E-state index in [2.05, 4.69) is 42.6 Å². The molecule has 0 saturated heterocycles. The van der Waals surface area contributed by atoms with E-state index in [1.165, 1.54) is 0 Å². The molecular formula is C6H10O4S3. The van der Waals surface area contributed by atoms with Gasteiger partial charge in [-0.15, -0.1) is 0 Å². The Bertz CT molecular complexity index is 196. The van der Waals surface area contributed by atoms with Gasteiger partial charge in [-0.25, -0.2) is 0 Å². The van der Waals surface area contributed by atoms with Gasteiger partial charge in [0.2, 0.25) is 0 Å². The van der Waals surface area contributed by atoms with E-state index in [4.69, 9.17) is 5.11 Å². The number of thiol groups is 3. The molecule has 2 unspecified atom stereocenters. The maximum Gasteiger partial charge on any atom is 0.320 e. The predicted octanol–water partition coefficient (Wildman–Crippen LogP) is 0.141. The third-order valence-corrected chi connectivity index (χ3v) is 2.57. The minimum absolute atomic E-state index is 0.138. The van der Waals surface area contributed by atoms with Crippen LogP contribution in [0.25, 0.3) is 0 Å². The van der Waals surface area contributed by atoms with Crippen LogP contribution in [0.5, 0.6) is 0 Å². The van der Waals surface area contributed by atoms with Crippen LogP contribution in [0.15, 0.2) is 0 Å². The zero-order valence-electron chi connectivity index (χ0n) is 6.58. The Morgan fingerprint density at radius 1 is 1.31 bits per heavy atom. The van der Waals surface area contributed by atoms with Gasteiger partial charge < -0.3 is 9.84 Å². The molecule has 0 aromatic heterocycles. The summed E-state index contributed by atoms with van der Waals surface area (Å²) < 4.78 is 4.62. The number of ether oxygens (including phenoxy) is 1. The second-order valence-corrected chi connectivity index (χ2v) is 3.68. The number of carbonyl (C=O) groups excluding carboxylic acids is 1. The van der Waals surface area contributed by atoms with Gasteiger partial charge in [-0.05, 0) is 0 Å². The zero-order chi connectivity index (χ0) is 10.4. The van der Waals surface area contributed by atoms with E-state index in [1.54, 1.807) is 0 Å². The van der Waals surface area contributed by atoms with E-state index < -0.39 is 22.4 Å². The van der Waals surface area contributed by atoms with Crippen LogP contribution in [0.2, 0.25) is 0 Å². The summed E-state index contributed by atoms with van der Waals surface area (Å²) in [6.45, 7) is 0.138. The van der Waals surface area contributed by atoms with E-state index >= 15 is 0 Å². The molecule has 0 radical (unpaired) electrons. The van der Waals surface area contributed by atoms with Gasteiger partial charge in [0.1, 0.15) is 17.1 Å². The molecule has 13 heavy (non-hydrogen) atoms. The Labute approximate surface area is 92.3 Å². The van der Waals surface area contributed by atoms with Gasteiger partial charge in [-0.1, -0.05) is 0 Å². The van der Waals surface area contributed by atoms with Gasteiger partial charge in [0.25, 0.3) is 0 Å². The molecule has 0 saturated carbocycles. The number of aliphatic carboxylic acids is 1. The number of esters is 1. The summed E-state index contributed by atoms with van der Waals surface area (Å²) in [5.74, 6) is -1.51. The Morgan fingerprint density at radius 3 is 2.23 bits per heavy atom. The average Bonchev–Trinajstić information content (AvgIpc) is 2.11. The maximum absolute atomic E-state index is 11.0. The number of carboxylic acid groups (broad SMARTS) is 1. The van der Waals surface area contributed by atoms with Crippen molar-refractivity contribution in [2.24, 2.45) is 0 Å². The molecule has 0 bridgehead atoms. The van der Waals surface area contributed by atoms with Crippen LogP contribution in [0.3, 0.4) is 0 Å². The summed E-state index contributed by atoms with van der Waals surface area (Å²) >= 11 is 11.3. The topological polar surface area (TPSA) is 63.6 Å². The molecule has 76 valence electrons. The van der Waals surface area contributed by atoms with E-state index in [-0.39, 0.29) is 6.61 Å². The fourth-order valence-corrected chi connectivity index (χ4v) is 0.911. The number of hydrogen-bond donors (Lipinski definition) is 4. The smallest absolute Gasteiger partial charge is 0.320 e. The normalized spacial score (nSPS) is 14.7. The molecular weight excluding hydrogens is 232 g/mol. The highest BCUT2D eigenvalue weighted by atomic mass is 32.1. The molecule has 0 fully saturated rings. The fourth-order valence-electron chi connectivity index (χ4n) is 0.496. The minimum Gasteiger partial charge on any atom is -0.480 e. The van der Waals surface area contributed by atoms with Gasteiger partial charge >= 0.3 is 11.9 Å². The number of rotatable bonds is 5. The van der Waals surface area contributed by atoms with Gasteiger partial charge in [0.05, 0.1) is 0 Å². The molecule has 4 nitrogen and oxygen atoms in total. The highest BCUT2D eigenvalue weighted by molar-refractivity contribution is 7.86. The van der Waals surface area contributed by atoms with Crippen LogP contribution in [0, 0.1) is 0 Å². The van der Waals surface area contributed by atoms with Crippen molar-refractivity contribution in [2.45, 2.75) is 10.5 Å². The van der Waals surface area contributed by atoms with Crippen molar-refractivity contribution in [3.8, 4) is 0 Å². The molecule has 1 N–H and O–H groups in total. The predicted molar refractivity (Wildman–Crippen MR) is 58.0 cm³/mol. The lowest BCUT2D eigenvalue weighted by molar-refractivity contribution is -0.146. The largest absolute Gasteiger partial charge is 0.480 e. The van der Waals surface area contributed by atoms with E-state index in [0.717, 1.165) is 0 Å². The summed E-state index contributed by atoms with van der Waals surface area (Å²) in [6.07, 6.45) is 0. The zero-order valence-corrected chi connectivity index (χ0v) is 9.27. The molecule has 7 heteroatoms. The number of carbonyl (C=O) groups is 2. The lowest BCUT2D eigenvalue weighted by Gasteiger charge is -2.12. The molecule has 0 heterocycles. The molecule has 0 spiro atoms. The summed E-state index contributed by atoms with van der Waals surface area (Å²) in [5, 5.41) is 6.27. The third kappa shape index (κ3) is 4.68. The first-order valence-electron chi connectivity index (χ1n) is 3.37. The summed E-state index contributed by atoms with van der Waals surface area (Å²) in [5.41, 5.74) is 0. The second-order valence-electron chi connectivity index (χ2n) is 2.12. The first kappa shape index (κ1) is 13.0. The standard InChI is InChI=1S/C6H10O4S3/c7-5(8)3(12)4(13)6(9)10-1-2-11/h3-4,11-13H,1-2H2,(H,7,8). The quantitative estimate of drug-likeness (QED) is 0.409. The number of hydrogen-bond acceptors (Lipinski definition) is 6. The van der Waals surface area contributed by atoms with Crippen LogP contribution >= 0.6 is 37.9 Å². The molecule has 0 aromatic carbocycles. The summed E-state index contributed by atoms with van der Waals surface area (Å²) in [7, 11) is 0. The molecule has 0 aliphatic carbocycles. The highest BCUT2D eigenvalue weighted by Crippen LogP contribution is 2.11. The van der Waals surface area contributed by atoms with Crippen LogP contribution < -0.4 is 0 Å². The van der Waals surface area contributed by atoms with Crippen LogP contribution in [0.1, 0.15) is 0 Å². The lowest BCUT2D eigenvalue weighted by Crippen LogP contribution is -2.33. The van der Waals surface area contributed by atoms with Crippen molar-refractivity contribution in [3.05, 3.63) is 0 Å². The van der Waals surface area contributed by atoms with E-state index in [9.17, 15) is 9.59 Å². The van der Waals surface area contributed by atoms with E-state index in [0.29, 0.717) is 5.75 Å². The van der Waals surface area contributed by atoms with Crippen molar-refractivity contribution in [3.63, 3.8) is 0 Å². The van der Waals surface area contributed by atoms with Gasteiger partial charge in [-0.2, -0.15) is 37.9 Å². The Balaban J connectivity index is 4.01. The first-order valence-corrected chi connectivity index (χ1v) is 5.03. The summed E-state index contributed by atoms with van der Waals surface area (Å²) in [6, 6.07) is 0. The second kappa shape index (κ2) is 6.44. The van der Waals surface area contributed by atoms with Crippen molar-refractivity contribution < 1.29 is 19.4 Å². The van der Waals surface area contributed by atoms with Crippen LogP contribution in [0.4, 0.5) is 0 Å². The van der Waals surface area contributed by atoms with Crippen molar-refractivity contribution in [2.75, 3.05) is 12.4 Å². The van der Waals surface area contributed by atoms with Crippen molar-refractivity contribution in [1.29, 1.82) is 0 Å². The van der Waals surface area contributed by atoms with Crippen LogP contribution in [-0.2, 0) is 14.3 Å². The van der Waals surface area contributed by atoms with E-state index in [1.807, 2.05) is 0 Å². The Morgan fingerprint density at radius 2 is 1.85 bits per heavy atom. The third-order valence-electron chi connectivity index (χ3n) is 1.13. The van der Waals surface area contributed by atoms with Gasteiger partial charge in [0, 0.05) is 5.75 Å². The summed E-state index contributed by atoms with van der Waals surface area (Å²) in [4.78, 5) is 21.4. The lowest BCUT2D eigenvalue weighted by atomic mass is 10.3. The SMILES string of the molecule is O=C(O)C(S)C(S)C(=O)OCCS. The maximum atomic E-state index is 11.0. The Kier molecular flexibility index (Phi) is 6.44. The van der Waals surface area contributed by atoms with Crippen molar-refractivity contribution in [1.82, 2.24) is 0 Å². The molecule has 0 aliphatic rings. The number of carboxylic acids is 1. The Hall–Kier alpha value is -0.0100. The first-order chi connectivity index (χ1) is 6.00. The average molecular weight is 242 g/mol. The molecule has 0 aliphatic heterocycles. The highest BCUT2D eigenvalue weighted by Gasteiger charge is 2.28. The van der Waals surface area contributed by atoms with Crippen LogP contribution in [-0.4, -0.2) is 39.9 Å². The molecule has 0 rings (SSSR count). The molecule has 0 aromatic rings. The molecule has 2 atom stereocenters. The molecule has 0 amide bonds. The monoisotopic (exact) mass is 242 g/mol. The fraction of sp³-hybridized carbons (Fsp3) is 0.667.